The average molecular weight is 690 g/mol. The molecule has 51 heavy (non-hydrogen) atoms. The predicted molar refractivity (Wildman–Crippen MR) is 205 cm³/mol. The molecule has 5 heterocycles. The molecule has 7 rings (SSSR count). The summed E-state index contributed by atoms with van der Waals surface area (Å²) >= 11 is 0. The van der Waals surface area contributed by atoms with Crippen LogP contribution in [0.3, 0.4) is 0 Å². The van der Waals surface area contributed by atoms with E-state index in [4.69, 9.17) is 9.72 Å². The number of carbonyl (C=O) groups is 1. The van der Waals surface area contributed by atoms with Crippen LogP contribution in [0.25, 0.3) is 16.7 Å². The maximum Gasteiger partial charge on any atom is 0.414 e. The minimum absolute atomic E-state index is 0.264. The lowest BCUT2D eigenvalue weighted by Crippen LogP contribution is -2.46. The molecule has 0 aliphatic carbocycles. The van der Waals surface area contributed by atoms with E-state index < -0.39 is 11.7 Å². The van der Waals surface area contributed by atoms with Gasteiger partial charge in [0.2, 0.25) is 5.95 Å². The Morgan fingerprint density at radius 3 is 2.29 bits per heavy atom. The normalized spacial score (nSPS) is 14.8. The van der Waals surface area contributed by atoms with E-state index in [1.807, 2.05) is 88.9 Å². The quantitative estimate of drug-likeness (QED) is 0.209. The van der Waals surface area contributed by atoms with Crippen molar-refractivity contribution < 1.29 is 9.53 Å². The third-order valence-electron chi connectivity index (χ3n) is 8.85. The van der Waals surface area contributed by atoms with Crippen LogP contribution in [-0.2, 0) is 4.74 Å². The molecule has 2 aromatic carbocycles. The highest BCUT2D eigenvalue weighted by Gasteiger charge is 2.33. The first-order chi connectivity index (χ1) is 24.6. The first-order valence-electron chi connectivity index (χ1n) is 17.6. The molecule has 12 nitrogen and oxygen atoms in total. The van der Waals surface area contributed by atoms with Gasteiger partial charge in [-0.1, -0.05) is 26.0 Å². The topological polar surface area (TPSA) is 112 Å². The molecule has 1 N–H and O–H groups in total. The van der Waals surface area contributed by atoms with Gasteiger partial charge in [0.05, 0.1) is 23.3 Å². The van der Waals surface area contributed by atoms with Crippen molar-refractivity contribution in [2.45, 2.75) is 47.1 Å². The fourth-order valence-electron chi connectivity index (χ4n) is 6.41. The standard InChI is InChI=1S/C37H41N9O3.C2H6/c1-25-8-6-10-30-32(25)45(36(48)49-37(2,3)4)21-20-44(30)31-22-26-23-39-35(41-33(26)46(34(31)47)29-9-7-15-38-24-29)40-27-11-13-28(14-12-27)43-18-16-42(5)17-19-43;1-2/h6-15,22-24H,16-21H2,1-5H3,(H,39,40,41);1-2H3. The van der Waals surface area contributed by atoms with Crippen LogP contribution in [0.2, 0.25) is 0 Å². The Kier molecular flexibility index (Phi) is 10.2. The molecule has 0 bridgehead atoms. The smallest absolute Gasteiger partial charge is 0.414 e. The van der Waals surface area contributed by atoms with E-state index in [1.54, 1.807) is 34.1 Å². The molecule has 0 saturated carbocycles. The summed E-state index contributed by atoms with van der Waals surface area (Å²) in [7, 11) is 2.15. The van der Waals surface area contributed by atoms with Crippen LogP contribution in [0.5, 0.6) is 0 Å². The first kappa shape index (κ1) is 35.3. The number of fused-ring (bicyclic) bond motifs is 2. The van der Waals surface area contributed by atoms with E-state index in [2.05, 4.69) is 44.3 Å². The van der Waals surface area contributed by atoms with Crippen molar-refractivity contribution in [1.82, 2.24) is 24.4 Å². The second-order valence-electron chi connectivity index (χ2n) is 13.5. The van der Waals surface area contributed by atoms with Crippen LogP contribution >= 0.6 is 0 Å². The van der Waals surface area contributed by atoms with Gasteiger partial charge in [-0.15, -0.1) is 0 Å². The molecule has 266 valence electrons. The SMILES string of the molecule is CC.Cc1cccc2c1N(C(=O)OC(C)(C)C)CCN2c1cc2cnc(Nc3ccc(N4CCN(C)CC4)cc3)nc2n(-c2cccnc2)c1=O. The van der Waals surface area contributed by atoms with E-state index in [-0.39, 0.29) is 5.56 Å². The zero-order valence-corrected chi connectivity index (χ0v) is 30.6. The Morgan fingerprint density at radius 2 is 1.61 bits per heavy atom. The van der Waals surface area contributed by atoms with Gasteiger partial charge in [0, 0.05) is 68.4 Å². The summed E-state index contributed by atoms with van der Waals surface area (Å²) in [6, 6.07) is 19.5. The van der Waals surface area contributed by atoms with Crippen molar-refractivity contribution in [3.63, 3.8) is 0 Å². The second-order valence-corrected chi connectivity index (χ2v) is 13.5. The molecule has 2 aliphatic rings. The Morgan fingerprint density at radius 1 is 0.863 bits per heavy atom. The number of nitrogens with one attached hydrogen (secondary N) is 1. The summed E-state index contributed by atoms with van der Waals surface area (Å²) < 4.78 is 7.33. The van der Waals surface area contributed by atoms with Crippen LogP contribution in [0.4, 0.5) is 39.2 Å². The summed E-state index contributed by atoms with van der Waals surface area (Å²) in [5.41, 5.74) is 4.94. The number of para-hydroxylation sites is 1. The number of benzene rings is 2. The monoisotopic (exact) mass is 689 g/mol. The van der Waals surface area contributed by atoms with Crippen molar-refractivity contribution >= 4 is 51.5 Å². The van der Waals surface area contributed by atoms with E-state index in [0.717, 1.165) is 43.1 Å². The Bertz CT molecular complexity index is 2050. The highest BCUT2D eigenvalue weighted by atomic mass is 16.6. The zero-order valence-electron chi connectivity index (χ0n) is 30.6. The molecule has 3 aromatic heterocycles. The number of pyridine rings is 2. The fraction of sp³-hybridized carbons (Fsp3) is 0.359. The van der Waals surface area contributed by atoms with Crippen molar-refractivity contribution in [2.75, 3.05) is 66.3 Å². The zero-order chi connectivity index (χ0) is 36.3. The summed E-state index contributed by atoms with van der Waals surface area (Å²) in [5, 5.41) is 4.00. The van der Waals surface area contributed by atoms with Gasteiger partial charge in [0.15, 0.2) is 5.65 Å². The van der Waals surface area contributed by atoms with Crippen LogP contribution in [0.15, 0.2) is 84.0 Å². The largest absolute Gasteiger partial charge is 0.443 e. The number of anilines is 6. The lowest BCUT2D eigenvalue weighted by atomic mass is 10.1. The van der Waals surface area contributed by atoms with Crippen LogP contribution in [-0.4, -0.2) is 82.4 Å². The van der Waals surface area contributed by atoms with Gasteiger partial charge in [-0.25, -0.2) is 9.78 Å². The third-order valence-corrected chi connectivity index (χ3v) is 8.85. The van der Waals surface area contributed by atoms with E-state index in [1.165, 1.54) is 5.69 Å². The molecule has 0 unspecified atom stereocenters. The predicted octanol–water partition coefficient (Wildman–Crippen LogP) is 6.90. The molecule has 1 amide bonds. The van der Waals surface area contributed by atoms with Gasteiger partial charge in [0.1, 0.15) is 11.3 Å². The number of aromatic nitrogens is 4. The number of ether oxygens (including phenoxy) is 1. The fourth-order valence-corrected chi connectivity index (χ4v) is 6.41. The average Bonchev–Trinajstić information content (AvgIpc) is 3.12. The van der Waals surface area contributed by atoms with Crippen molar-refractivity contribution in [3.8, 4) is 5.69 Å². The Balaban J connectivity index is 0.00000220. The summed E-state index contributed by atoms with van der Waals surface area (Å²) in [5.74, 6) is 0.372. The molecular formula is C39H47N9O3. The number of nitrogens with zero attached hydrogens (tertiary/aromatic N) is 8. The number of aryl methyl sites for hydroxylation is 1. The number of hydrogen-bond donors (Lipinski definition) is 1. The van der Waals surface area contributed by atoms with Gasteiger partial charge >= 0.3 is 6.09 Å². The lowest BCUT2D eigenvalue weighted by molar-refractivity contribution is 0.0580. The number of likely N-dealkylation sites (N-methyl/N-ethyl adjacent to an activating group) is 1. The number of carbonyl (C=O) groups excluding carboxylic acids is 1. The summed E-state index contributed by atoms with van der Waals surface area (Å²) in [6.45, 7) is 16.3. The molecular weight excluding hydrogens is 642 g/mol. The van der Waals surface area contributed by atoms with Crippen molar-refractivity contribution in [3.05, 3.63) is 95.2 Å². The highest BCUT2D eigenvalue weighted by Crippen LogP contribution is 2.40. The van der Waals surface area contributed by atoms with Gasteiger partial charge in [-0.3, -0.25) is 19.2 Å². The van der Waals surface area contributed by atoms with Gasteiger partial charge in [0.25, 0.3) is 5.56 Å². The van der Waals surface area contributed by atoms with Gasteiger partial charge in [-0.2, -0.15) is 4.98 Å². The highest BCUT2D eigenvalue weighted by molar-refractivity contribution is 5.97. The Labute approximate surface area is 299 Å². The lowest BCUT2D eigenvalue weighted by Gasteiger charge is -2.39. The van der Waals surface area contributed by atoms with Gasteiger partial charge in [-0.05, 0) is 88.8 Å². The molecule has 2 aliphatic heterocycles. The maximum absolute atomic E-state index is 14.6. The molecule has 0 atom stereocenters. The summed E-state index contributed by atoms with van der Waals surface area (Å²) in [4.78, 5) is 50.0. The number of piperazine rings is 1. The molecule has 12 heteroatoms. The summed E-state index contributed by atoms with van der Waals surface area (Å²) in [6.07, 6.45) is 4.63. The van der Waals surface area contributed by atoms with Crippen molar-refractivity contribution in [1.29, 1.82) is 0 Å². The molecule has 1 saturated heterocycles. The maximum atomic E-state index is 14.6. The van der Waals surface area contributed by atoms with E-state index in [9.17, 15) is 9.59 Å². The molecule has 1 fully saturated rings. The molecule has 0 radical (unpaired) electrons. The van der Waals surface area contributed by atoms with Crippen molar-refractivity contribution in [2.24, 2.45) is 0 Å². The Hall–Kier alpha value is -5.49. The second kappa shape index (κ2) is 14.8. The number of amides is 1. The van der Waals surface area contributed by atoms with Crippen LogP contribution in [0.1, 0.15) is 40.2 Å². The molecule has 5 aromatic rings. The third kappa shape index (κ3) is 7.51. The van der Waals surface area contributed by atoms with E-state index >= 15 is 0 Å². The number of hydrogen-bond acceptors (Lipinski definition) is 10. The van der Waals surface area contributed by atoms with E-state index in [0.29, 0.717) is 47.1 Å². The minimum atomic E-state index is -0.644. The van der Waals surface area contributed by atoms with Gasteiger partial charge < -0.3 is 24.8 Å². The number of rotatable bonds is 5. The minimum Gasteiger partial charge on any atom is -0.443 e. The van der Waals surface area contributed by atoms with Crippen LogP contribution in [0, 0.1) is 6.92 Å². The van der Waals surface area contributed by atoms with Crippen LogP contribution < -0.4 is 25.6 Å². The first-order valence-corrected chi connectivity index (χ1v) is 17.6. The molecule has 0 spiro atoms.